The van der Waals surface area contributed by atoms with Crippen molar-refractivity contribution >= 4 is 0 Å². The number of benzene rings is 1. The van der Waals surface area contributed by atoms with Crippen LogP contribution in [0.5, 0.6) is 11.5 Å². The minimum Gasteiger partial charge on any atom is -0.508 e. The average Bonchev–Trinajstić information content (AvgIpc) is 2.35. The highest BCUT2D eigenvalue weighted by molar-refractivity contribution is 5.44. The summed E-state index contributed by atoms with van der Waals surface area (Å²) in [6, 6.07) is 5.44. The minimum absolute atomic E-state index is 0.114. The van der Waals surface area contributed by atoms with Crippen molar-refractivity contribution in [2.45, 2.75) is 52.4 Å². The van der Waals surface area contributed by atoms with E-state index < -0.39 is 0 Å². The molecule has 1 aromatic rings. The summed E-state index contributed by atoms with van der Waals surface area (Å²) >= 11 is 0. The van der Waals surface area contributed by atoms with E-state index in [2.05, 4.69) is 20.8 Å². The zero-order chi connectivity index (χ0) is 12.9. The van der Waals surface area contributed by atoms with Crippen LogP contribution in [0.4, 0.5) is 0 Å². The second kappa shape index (κ2) is 5.95. The molecule has 0 fully saturated rings. The standard InChI is InChI=1S/C15H24O2/c1-5-15(6-2,7-3)13-11-12(16)9-10-14(13)17-8-4/h9-11,16H,5-8H2,1-4H3. The summed E-state index contributed by atoms with van der Waals surface area (Å²) in [7, 11) is 0. The number of aromatic hydroxyl groups is 1. The maximum atomic E-state index is 9.70. The van der Waals surface area contributed by atoms with Gasteiger partial charge in [0.15, 0.2) is 0 Å². The molecule has 0 heterocycles. The Kier molecular flexibility index (Phi) is 4.86. The fraction of sp³-hybridized carbons (Fsp3) is 0.600. The van der Waals surface area contributed by atoms with Gasteiger partial charge in [0, 0.05) is 5.56 Å². The van der Waals surface area contributed by atoms with Crippen LogP contribution in [0.25, 0.3) is 0 Å². The van der Waals surface area contributed by atoms with E-state index >= 15 is 0 Å². The van der Waals surface area contributed by atoms with Crippen LogP contribution in [-0.4, -0.2) is 11.7 Å². The Balaban J connectivity index is 3.29. The highest BCUT2D eigenvalue weighted by Gasteiger charge is 2.29. The monoisotopic (exact) mass is 236 g/mol. The molecule has 0 atom stereocenters. The highest BCUT2D eigenvalue weighted by atomic mass is 16.5. The fourth-order valence-corrected chi connectivity index (χ4v) is 2.54. The first-order valence-electron chi connectivity index (χ1n) is 6.59. The number of hydrogen-bond donors (Lipinski definition) is 1. The molecule has 0 aliphatic carbocycles. The van der Waals surface area contributed by atoms with Crippen molar-refractivity contribution in [3.8, 4) is 11.5 Å². The van der Waals surface area contributed by atoms with E-state index in [-0.39, 0.29) is 5.41 Å². The predicted molar refractivity (Wildman–Crippen MR) is 71.8 cm³/mol. The largest absolute Gasteiger partial charge is 0.508 e. The van der Waals surface area contributed by atoms with Gasteiger partial charge in [-0.25, -0.2) is 0 Å². The van der Waals surface area contributed by atoms with Gasteiger partial charge in [-0.05, 0) is 49.8 Å². The molecule has 0 saturated heterocycles. The normalized spacial score (nSPS) is 11.5. The molecule has 0 radical (unpaired) electrons. The Morgan fingerprint density at radius 3 is 2.12 bits per heavy atom. The lowest BCUT2D eigenvalue weighted by atomic mass is 9.73. The van der Waals surface area contributed by atoms with Gasteiger partial charge in [-0.15, -0.1) is 0 Å². The molecular formula is C15H24O2. The molecule has 2 heteroatoms. The number of rotatable bonds is 6. The van der Waals surface area contributed by atoms with Gasteiger partial charge in [-0.2, -0.15) is 0 Å². The number of phenols is 1. The summed E-state index contributed by atoms with van der Waals surface area (Å²) < 4.78 is 5.69. The number of ether oxygens (including phenoxy) is 1. The van der Waals surface area contributed by atoms with E-state index in [1.165, 1.54) is 0 Å². The van der Waals surface area contributed by atoms with E-state index in [0.717, 1.165) is 30.6 Å². The first-order chi connectivity index (χ1) is 8.13. The first kappa shape index (κ1) is 13.9. The van der Waals surface area contributed by atoms with Crippen LogP contribution in [-0.2, 0) is 5.41 Å². The fourth-order valence-electron chi connectivity index (χ4n) is 2.54. The lowest BCUT2D eigenvalue weighted by Gasteiger charge is -2.32. The molecule has 96 valence electrons. The molecular weight excluding hydrogens is 212 g/mol. The molecule has 0 bridgehead atoms. The maximum Gasteiger partial charge on any atom is 0.123 e. The third kappa shape index (κ3) is 2.74. The van der Waals surface area contributed by atoms with Crippen LogP contribution in [0.2, 0.25) is 0 Å². The quantitative estimate of drug-likeness (QED) is 0.799. The number of phenolic OH excluding ortho intramolecular Hbond substituents is 1. The van der Waals surface area contributed by atoms with Gasteiger partial charge in [-0.1, -0.05) is 20.8 Å². The van der Waals surface area contributed by atoms with Crippen molar-refractivity contribution in [1.82, 2.24) is 0 Å². The summed E-state index contributed by atoms with van der Waals surface area (Å²) in [5.74, 6) is 1.24. The van der Waals surface area contributed by atoms with Crippen molar-refractivity contribution in [3.63, 3.8) is 0 Å². The van der Waals surface area contributed by atoms with Gasteiger partial charge in [0.05, 0.1) is 6.61 Å². The summed E-state index contributed by atoms with van der Waals surface area (Å²) in [5, 5.41) is 9.70. The van der Waals surface area contributed by atoms with Crippen LogP contribution in [0.3, 0.4) is 0 Å². The smallest absolute Gasteiger partial charge is 0.123 e. The summed E-state index contributed by atoms with van der Waals surface area (Å²) in [6.45, 7) is 9.25. The van der Waals surface area contributed by atoms with Gasteiger partial charge in [0.25, 0.3) is 0 Å². The third-order valence-electron chi connectivity index (χ3n) is 3.86. The van der Waals surface area contributed by atoms with Crippen LogP contribution in [0, 0.1) is 0 Å². The second-order valence-electron chi connectivity index (χ2n) is 4.45. The Morgan fingerprint density at radius 1 is 1.06 bits per heavy atom. The van der Waals surface area contributed by atoms with E-state index in [1.807, 2.05) is 19.1 Å². The van der Waals surface area contributed by atoms with E-state index in [0.29, 0.717) is 12.4 Å². The van der Waals surface area contributed by atoms with Crippen molar-refractivity contribution in [2.75, 3.05) is 6.61 Å². The molecule has 0 aromatic heterocycles. The van der Waals surface area contributed by atoms with Crippen LogP contribution in [0.15, 0.2) is 18.2 Å². The SMILES string of the molecule is CCOc1ccc(O)cc1C(CC)(CC)CC. The zero-order valence-electron chi connectivity index (χ0n) is 11.4. The average molecular weight is 236 g/mol. The Hall–Kier alpha value is -1.18. The molecule has 0 aliphatic rings. The van der Waals surface area contributed by atoms with E-state index in [1.54, 1.807) is 6.07 Å². The molecule has 0 saturated carbocycles. The highest BCUT2D eigenvalue weighted by Crippen LogP contribution is 2.41. The van der Waals surface area contributed by atoms with Gasteiger partial charge >= 0.3 is 0 Å². The lowest BCUT2D eigenvalue weighted by Crippen LogP contribution is -2.24. The zero-order valence-corrected chi connectivity index (χ0v) is 11.4. The molecule has 2 nitrogen and oxygen atoms in total. The first-order valence-corrected chi connectivity index (χ1v) is 6.59. The van der Waals surface area contributed by atoms with Gasteiger partial charge < -0.3 is 9.84 Å². The van der Waals surface area contributed by atoms with Crippen molar-refractivity contribution < 1.29 is 9.84 Å². The summed E-state index contributed by atoms with van der Waals surface area (Å²) in [4.78, 5) is 0. The topological polar surface area (TPSA) is 29.5 Å². The molecule has 0 spiro atoms. The van der Waals surface area contributed by atoms with Crippen molar-refractivity contribution in [1.29, 1.82) is 0 Å². The van der Waals surface area contributed by atoms with Gasteiger partial charge in [0.1, 0.15) is 11.5 Å². The van der Waals surface area contributed by atoms with Crippen molar-refractivity contribution in [2.24, 2.45) is 0 Å². The van der Waals surface area contributed by atoms with Crippen molar-refractivity contribution in [3.05, 3.63) is 23.8 Å². The molecule has 0 unspecified atom stereocenters. The molecule has 0 aliphatic heterocycles. The van der Waals surface area contributed by atoms with Crippen LogP contribution < -0.4 is 4.74 Å². The molecule has 1 rings (SSSR count). The summed E-state index contributed by atoms with van der Waals surface area (Å²) in [5.41, 5.74) is 1.26. The van der Waals surface area contributed by atoms with E-state index in [9.17, 15) is 5.11 Å². The third-order valence-corrected chi connectivity index (χ3v) is 3.86. The molecule has 1 N–H and O–H groups in total. The lowest BCUT2D eigenvalue weighted by molar-refractivity contribution is 0.308. The van der Waals surface area contributed by atoms with Crippen LogP contribution in [0.1, 0.15) is 52.5 Å². The molecule has 0 amide bonds. The molecule has 17 heavy (non-hydrogen) atoms. The Morgan fingerprint density at radius 2 is 1.65 bits per heavy atom. The summed E-state index contributed by atoms with van der Waals surface area (Å²) in [6.07, 6.45) is 3.18. The Labute approximate surface area is 105 Å². The molecule has 1 aromatic carbocycles. The minimum atomic E-state index is 0.114. The van der Waals surface area contributed by atoms with Crippen LogP contribution >= 0.6 is 0 Å². The van der Waals surface area contributed by atoms with Gasteiger partial charge in [0.2, 0.25) is 0 Å². The second-order valence-corrected chi connectivity index (χ2v) is 4.45. The number of hydrogen-bond acceptors (Lipinski definition) is 2. The van der Waals surface area contributed by atoms with Gasteiger partial charge in [-0.3, -0.25) is 0 Å². The Bertz CT molecular complexity index is 346. The van der Waals surface area contributed by atoms with E-state index in [4.69, 9.17) is 4.74 Å². The predicted octanol–water partition coefficient (Wildman–Crippen LogP) is 4.26. The maximum absolute atomic E-state index is 9.70.